The first kappa shape index (κ1) is 16.0. The molecule has 0 aliphatic heterocycles. The molecule has 1 aromatic carbocycles. The van der Waals surface area contributed by atoms with E-state index in [1.807, 2.05) is 0 Å². The summed E-state index contributed by atoms with van der Waals surface area (Å²) in [5, 5.41) is 0. The third-order valence-electron chi connectivity index (χ3n) is 2.58. The van der Waals surface area contributed by atoms with Crippen LogP contribution < -0.4 is 9.47 Å². The second-order valence-corrected chi connectivity index (χ2v) is 7.30. The third kappa shape index (κ3) is 4.24. The fourth-order valence-corrected chi connectivity index (χ4v) is 2.74. The van der Waals surface area contributed by atoms with Gasteiger partial charge in [0.15, 0.2) is 11.5 Å². The Morgan fingerprint density at radius 2 is 1.68 bits per heavy atom. The number of alkyl halides is 1. The van der Waals surface area contributed by atoms with Crippen LogP contribution in [0.1, 0.15) is 25.0 Å². The quantitative estimate of drug-likeness (QED) is 0.785. The summed E-state index contributed by atoms with van der Waals surface area (Å²) in [6, 6.07) is 2.85. The number of halogens is 2. The van der Waals surface area contributed by atoms with Crippen molar-refractivity contribution in [1.82, 2.24) is 0 Å². The molecule has 0 saturated carbocycles. The Labute approximate surface area is 116 Å². The lowest BCUT2D eigenvalue weighted by Crippen LogP contribution is -2.14. The van der Waals surface area contributed by atoms with E-state index >= 15 is 0 Å². The Morgan fingerprint density at radius 3 is 2.05 bits per heavy atom. The van der Waals surface area contributed by atoms with Crippen LogP contribution in [-0.2, 0) is 20.5 Å². The van der Waals surface area contributed by atoms with Gasteiger partial charge >= 0.3 is 0 Å². The van der Waals surface area contributed by atoms with Gasteiger partial charge in [0.05, 0.1) is 20.0 Å². The van der Waals surface area contributed by atoms with E-state index in [1.165, 1.54) is 40.2 Å². The van der Waals surface area contributed by atoms with E-state index in [0.717, 1.165) is 0 Å². The Balaban J connectivity index is 3.49. The van der Waals surface area contributed by atoms with E-state index in [4.69, 9.17) is 20.2 Å². The molecule has 0 fully saturated rings. The molecule has 0 spiro atoms. The molecule has 0 amide bonds. The number of hydrogen-bond acceptors (Lipinski definition) is 4. The summed E-state index contributed by atoms with van der Waals surface area (Å²) < 4.78 is 46.7. The third-order valence-corrected chi connectivity index (χ3v) is 3.56. The molecule has 0 aromatic heterocycles. The number of methoxy groups -OCH3 is 2. The van der Waals surface area contributed by atoms with Gasteiger partial charge in [0.2, 0.25) is 9.05 Å². The highest BCUT2D eigenvalue weighted by molar-refractivity contribution is 8.13. The van der Waals surface area contributed by atoms with Gasteiger partial charge in [0.25, 0.3) is 0 Å². The van der Waals surface area contributed by atoms with E-state index < -0.39 is 20.5 Å². The highest BCUT2D eigenvalue weighted by Crippen LogP contribution is 2.38. The van der Waals surface area contributed by atoms with Crippen LogP contribution >= 0.6 is 10.7 Å². The summed E-state index contributed by atoms with van der Waals surface area (Å²) in [6.07, 6.45) is 0. The second-order valence-electron chi connectivity index (χ2n) is 4.52. The van der Waals surface area contributed by atoms with E-state index in [1.54, 1.807) is 0 Å². The monoisotopic (exact) mass is 310 g/mol. The van der Waals surface area contributed by atoms with Gasteiger partial charge in [-0.3, -0.25) is 0 Å². The molecule has 0 heterocycles. The largest absolute Gasteiger partial charge is 0.493 e. The van der Waals surface area contributed by atoms with Gasteiger partial charge in [-0.1, -0.05) is 0 Å². The van der Waals surface area contributed by atoms with Crippen LogP contribution in [0, 0.1) is 0 Å². The number of benzene rings is 1. The fraction of sp³-hybridized carbons (Fsp3) is 0.500. The summed E-state index contributed by atoms with van der Waals surface area (Å²) in [4.78, 5) is 0. The molecule has 19 heavy (non-hydrogen) atoms. The highest BCUT2D eigenvalue weighted by atomic mass is 35.7. The fourth-order valence-electron chi connectivity index (χ4n) is 1.78. The van der Waals surface area contributed by atoms with Crippen LogP contribution in [0.4, 0.5) is 4.39 Å². The number of ether oxygens (including phenoxy) is 2. The topological polar surface area (TPSA) is 52.6 Å². The Hall–Kier alpha value is -1.01. The minimum Gasteiger partial charge on any atom is -0.493 e. The maximum absolute atomic E-state index is 14.2. The van der Waals surface area contributed by atoms with Gasteiger partial charge in [-0.15, -0.1) is 0 Å². The molecule has 108 valence electrons. The van der Waals surface area contributed by atoms with E-state index in [9.17, 15) is 12.8 Å². The normalized spacial score (nSPS) is 12.3. The van der Waals surface area contributed by atoms with Crippen molar-refractivity contribution in [3.8, 4) is 11.5 Å². The molecule has 0 saturated heterocycles. The predicted molar refractivity (Wildman–Crippen MR) is 72.2 cm³/mol. The lowest BCUT2D eigenvalue weighted by atomic mass is 9.94. The number of rotatable bonds is 5. The molecule has 0 aliphatic carbocycles. The van der Waals surface area contributed by atoms with E-state index in [2.05, 4.69) is 0 Å². The van der Waals surface area contributed by atoms with Gasteiger partial charge in [-0.05, 0) is 37.1 Å². The molecule has 1 rings (SSSR count). The van der Waals surface area contributed by atoms with E-state index in [0.29, 0.717) is 11.5 Å². The molecule has 1 aromatic rings. The first-order chi connectivity index (χ1) is 8.58. The first-order valence-corrected chi connectivity index (χ1v) is 7.93. The molecule has 0 bridgehead atoms. The molecular formula is C12H16ClFO4S. The van der Waals surface area contributed by atoms with Crippen molar-refractivity contribution in [2.45, 2.75) is 25.3 Å². The Morgan fingerprint density at radius 1 is 1.21 bits per heavy atom. The smallest absolute Gasteiger partial charge is 0.236 e. The molecule has 0 N–H and O–H groups in total. The average Bonchev–Trinajstić information content (AvgIpc) is 2.24. The van der Waals surface area contributed by atoms with Crippen molar-refractivity contribution in [3.05, 3.63) is 23.3 Å². The first-order valence-electron chi connectivity index (χ1n) is 5.45. The average molecular weight is 311 g/mol. The molecule has 0 aliphatic rings. The lowest BCUT2D eigenvalue weighted by Gasteiger charge is -2.21. The van der Waals surface area contributed by atoms with Crippen LogP contribution in [0.3, 0.4) is 0 Å². The molecule has 0 unspecified atom stereocenters. The standard InChI is InChI=1S/C12H16ClFO4S/c1-12(2,14)9-6-11(18-4)10(17-3)5-8(9)7-19(13,15)16/h5-6H,7H2,1-4H3. The van der Waals surface area contributed by atoms with Crippen LogP contribution in [0.2, 0.25) is 0 Å². The van der Waals surface area contributed by atoms with Crippen LogP contribution in [0.25, 0.3) is 0 Å². The SMILES string of the molecule is COc1cc(CS(=O)(=O)Cl)c(C(C)(C)F)cc1OC. The minimum absolute atomic E-state index is 0.203. The van der Waals surface area contributed by atoms with Crippen LogP contribution in [0.15, 0.2) is 12.1 Å². The minimum atomic E-state index is -3.80. The van der Waals surface area contributed by atoms with Crippen molar-refractivity contribution >= 4 is 19.7 Å². The van der Waals surface area contributed by atoms with Gasteiger partial charge in [-0.2, -0.15) is 0 Å². The summed E-state index contributed by atoms with van der Waals surface area (Å²) in [5.41, 5.74) is -1.27. The summed E-state index contributed by atoms with van der Waals surface area (Å²) in [6.45, 7) is 2.66. The highest BCUT2D eigenvalue weighted by Gasteiger charge is 2.27. The van der Waals surface area contributed by atoms with Crippen molar-refractivity contribution < 1.29 is 22.3 Å². The predicted octanol–water partition coefficient (Wildman–Crippen LogP) is 2.98. The maximum atomic E-state index is 14.2. The van der Waals surface area contributed by atoms with Gasteiger partial charge in [0, 0.05) is 10.7 Å². The molecule has 7 heteroatoms. The number of hydrogen-bond donors (Lipinski definition) is 0. The summed E-state index contributed by atoms with van der Waals surface area (Å²) >= 11 is 0. The zero-order valence-corrected chi connectivity index (χ0v) is 12.7. The molecule has 0 radical (unpaired) electrons. The molecular weight excluding hydrogens is 295 g/mol. The zero-order valence-electron chi connectivity index (χ0n) is 11.2. The van der Waals surface area contributed by atoms with Gasteiger partial charge in [0.1, 0.15) is 5.67 Å². The van der Waals surface area contributed by atoms with Crippen molar-refractivity contribution in [2.24, 2.45) is 0 Å². The van der Waals surface area contributed by atoms with Crippen LogP contribution in [0.5, 0.6) is 11.5 Å². The lowest BCUT2D eigenvalue weighted by molar-refractivity contribution is 0.219. The summed E-state index contributed by atoms with van der Waals surface area (Å²) in [7, 11) is 4.28. The van der Waals surface area contributed by atoms with Gasteiger partial charge in [-0.25, -0.2) is 12.8 Å². The molecule has 4 nitrogen and oxygen atoms in total. The van der Waals surface area contributed by atoms with Crippen molar-refractivity contribution in [3.63, 3.8) is 0 Å². The molecule has 0 atom stereocenters. The zero-order chi connectivity index (χ0) is 14.8. The Kier molecular flexibility index (Phi) is 4.68. The van der Waals surface area contributed by atoms with E-state index in [-0.39, 0.29) is 11.1 Å². The summed E-state index contributed by atoms with van der Waals surface area (Å²) in [5.74, 6) is 0.183. The van der Waals surface area contributed by atoms with Crippen LogP contribution in [-0.4, -0.2) is 22.6 Å². The Bertz CT molecular complexity index is 564. The van der Waals surface area contributed by atoms with Crippen molar-refractivity contribution in [1.29, 1.82) is 0 Å². The van der Waals surface area contributed by atoms with Crippen molar-refractivity contribution in [2.75, 3.05) is 14.2 Å². The second kappa shape index (κ2) is 5.54. The van der Waals surface area contributed by atoms with Gasteiger partial charge < -0.3 is 9.47 Å². The maximum Gasteiger partial charge on any atom is 0.236 e.